The molecule has 3 nitrogen and oxygen atoms in total. The molecule has 0 aliphatic carbocycles. The van der Waals surface area contributed by atoms with Gasteiger partial charge in [0.15, 0.2) is 11.6 Å². The van der Waals surface area contributed by atoms with Gasteiger partial charge in [-0.1, -0.05) is 35.9 Å². The van der Waals surface area contributed by atoms with Gasteiger partial charge in [0.2, 0.25) is 5.91 Å². The third-order valence-electron chi connectivity index (χ3n) is 3.63. The Morgan fingerprint density at radius 2 is 1.78 bits per heavy atom. The lowest BCUT2D eigenvalue weighted by Crippen LogP contribution is -2.38. The molecule has 23 heavy (non-hydrogen) atoms. The van der Waals surface area contributed by atoms with Gasteiger partial charge in [-0.2, -0.15) is 0 Å². The predicted molar refractivity (Wildman–Crippen MR) is 83.8 cm³/mol. The van der Waals surface area contributed by atoms with Gasteiger partial charge in [0.1, 0.15) is 0 Å². The van der Waals surface area contributed by atoms with Crippen LogP contribution in [-0.4, -0.2) is 17.1 Å². The van der Waals surface area contributed by atoms with Crippen LogP contribution in [0.15, 0.2) is 42.5 Å². The molecule has 0 saturated carbocycles. The van der Waals surface area contributed by atoms with Crippen molar-refractivity contribution in [1.82, 2.24) is 5.32 Å². The van der Waals surface area contributed by atoms with Crippen molar-refractivity contribution >= 4 is 5.91 Å². The summed E-state index contributed by atoms with van der Waals surface area (Å²) >= 11 is 0. The largest absolute Gasteiger partial charge is 0.386 e. The summed E-state index contributed by atoms with van der Waals surface area (Å²) < 4.78 is 26.1. The van der Waals surface area contributed by atoms with Gasteiger partial charge in [0, 0.05) is 0 Å². The summed E-state index contributed by atoms with van der Waals surface area (Å²) in [7, 11) is 0. The molecule has 0 spiro atoms. The van der Waals surface area contributed by atoms with E-state index in [4.69, 9.17) is 0 Å². The summed E-state index contributed by atoms with van der Waals surface area (Å²) in [6.07, 6.45) is -0.929. The van der Waals surface area contributed by atoms with Gasteiger partial charge in [0.25, 0.3) is 0 Å². The van der Waals surface area contributed by atoms with E-state index in [2.05, 4.69) is 5.32 Å². The maximum Gasteiger partial charge on any atom is 0.224 e. The SMILES string of the molecule is Cc1ccc(CC(=O)NC(C)C(O)c2ccc(F)c(F)c2)cc1. The van der Waals surface area contributed by atoms with Gasteiger partial charge < -0.3 is 10.4 Å². The Bertz CT molecular complexity index is 686. The highest BCUT2D eigenvalue weighted by Crippen LogP contribution is 2.19. The summed E-state index contributed by atoms with van der Waals surface area (Å²) in [5, 5.41) is 12.8. The highest BCUT2D eigenvalue weighted by atomic mass is 19.2. The number of aliphatic hydroxyl groups excluding tert-OH is 1. The molecule has 1 amide bonds. The number of amides is 1. The van der Waals surface area contributed by atoms with Crippen LogP contribution in [0.3, 0.4) is 0 Å². The van der Waals surface area contributed by atoms with E-state index in [0.717, 1.165) is 23.3 Å². The summed E-state index contributed by atoms with van der Waals surface area (Å²) in [5.74, 6) is -2.25. The van der Waals surface area contributed by atoms with Crippen LogP contribution in [0.4, 0.5) is 8.78 Å². The van der Waals surface area contributed by atoms with E-state index >= 15 is 0 Å². The van der Waals surface area contributed by atoms with Crippen molar-refractivity contribution in [3.05, 3.63) is 70.8 Å². The number of carbonyl (C=O) groups is 1. The first-order chi connectivity index (χ1) is 10.9. The summed E-state index contributed by atoms with van der Waals surface area (Å²) in [5.41, 5.74) is 2.19. The number of hydrogen-bond acceptors (Lipinski definition) is 2. The van der Waals surface area contributed by atoms with E-state index in [-0.39, 0.29) is 17.9 Å². The fourth-order valence-corrected chi connectivity index (χ4v) is 2.26. The maximum absolute atomic E-state index is 13.2. The lowest BCUT2D eigenvalue weighted by Gasteiger charge is -2.21. The zero-order valence-corrected chi connectivity index (χ0v) is 13.0. The first-order valence-electron chi connectivity index (χ1n) is 7.34. The Morgan fingerprint density at radius 1 is 1.13 bits per heavy atom. The second-order valence-corrected chi connectivity index (χ2v) is 5.64. The van der Waals surface area contributed by atoms with Crippen molar-refractivity contribution in [2.75, 3.05) is 0 Å². The molecule has 2 rings (SSSR count). The molecular weight excluding hydrogens is 300 g/mol. The predicted octanol–water partition coefficient (Wildman–Crippen LogP) is 3.05. The topological polar surface area (TPSA) is 49.3 Å². The number of aliphatic hydroxyl groups is 1. The number of halogens is 2. The molecule has 2 aromatic rings. The van der Waals surface area contributed by atoms with E-state index < -0.39 is 23.8 Å². The van der Waals surface area contributed by atoms with Gasteiger partial charge in [-0.15, -0.1) is 0 Å². The average Bonchev–Trinajstić information content (AvgIpc) is 2.51. The molecule has 0 aromatic heterocycles. The summed E-state index contributed by atoms with van der Waals surface area (Å²) in [4.78, 5) is 12.0. The van der Waals surface area contributed by atoms with Crippen molar-refractivity contribution in [3.63, 3.8) is 0 Å². The number of aryl methyl sites for hydroxylation is 1. The summed E-state index contributed by atoms with van der Waals surface area (Å²) in [6, 6.07) is 10.1. The Morgan fingerprint density at radius 3 is 2.39 bits per heavy atom. The van der Waals surface area contributed by atoms with Crippen LogP contribution in [0.25, 0.3) is 0 Å². The fraction of sp³-hybridized carbons (Fsp3) is 0.278. The number of nitrogens with one attached hydrogen (secondary N) is 1. The first-order valence-corrected chi connectivity index (χ1v) is 7.34. The smallest absolute Gasteiger partial charge is 0.224 e. The Labute approximate surface area is 134 Å². The van der Waals surface area contributed by atoms with Gasteiger partial charge in [0.05, 0.1) is 18.6 Å². The Balaban J connectivity index is 1.96. The third-order valence-corrected chi connectivity index (χ3v) is 3.63. The van der Waals surface area contributed by atoms with E-state index in [1.807, 2.05) is 31.2 Å². The summed E-state index contributed by atoms with van der Waals surface area (Å²) in [6.45, 7) is 3.57. The highest BCUT2D eigenvalue weighted by molar-refractivity contribution is 5.78. The zero-order chi connectivity index (χ0) is 17.0. The van der Waals surface area contributed by atoms with Crippen molar-refractivity contribution in [2.45, 2.75) is 32.4 Å². The van der Waals surface area contributed by atoms with Gasteiger partial charge in [-0.05, 0) is 37.1 Å². The molecule has 0 aliphatic heterocycles. The van der Waals surface area contributed by atoms with E-state index in [9.17, 15) is 18.7 Å². The number of carbonyl (C=O) groups excluding carboxylic acids is 1. The highest BCUT2D eigenvalue weighted by Gasteiger charge is 2.19. The van der Waals surface area contributed by atoms with Crippen LogP contribution >= 0.6 is 0 Å². The molecule has 2 N–H and O–H groups in total. The van der Waals surface area contributed by atoms with Crippen LogP contribution in [0.1, 0.15) is 29.7 Å². The molecule has 0 radical (unpaired) electrons. The zero-order valence-electron chi connectivity index (χ0n) is 13.0. The molecule has 2 atom stereocenters. The van der Waals surface area contributed by atoms with Crippen molar-refractivity contribution < 1.29 is 18.7 Å². The van der Waals surface area contributed by atoms with Gasteiger partial charge >= 0.3 is 0 Å². The third kappa shape index (κ3) is 4.60. The quantitative estimate of drug-likeness (QED) is 0.890. The molecule has 2 unspecified atom stereocenters. The number of hydrogen-bond donors (Lipinski definition) is 2. The van der Waals surface area contributed by atoms with Gasteiger partial charge in [-0.3, -0.25) is 4.79 Å². The van der Waals surface area contributed by atoms with E-state index in [1.165, 1.54) is 6.07 Å². The van der Waals surface area contributed by atoms with Crippen LogP contribution in [-0.2, 0) is 11.2 Å². The fourth-order valence-electron chi connectivity index (χ4n) is 2.26. The molecule has 2 aromatic carbocycles. The average molecular weight is 319 g/mol. The van der Waals surface area contributed by atoms with Crippen LogP contribution < -0.4 is 5.32 Å². The molecule has 5 heteroatoms. The van der Waals surface area contributed by atoms with Crippen molar-refractivity contribution in [1.29, 1.82) is 0 Å². The lowest BCUT2D eigenvalue weighted by atomic mass is 10.0. The monoisotopic (exact) mass is 319 g/mol. The normalized spacial score (nSPS) is 13.4. The molecular formula is C18H19F2NO2. The molecule has 0 fully saturated rings. The minimum atomic E-state index is -1.12. The number of rotatable bonds is 5. The molecule has 122 valence electrons. The molecule has 0 heterocycles. The van der Waals surface area contributed by atoms with Crippen LogP contribution in [0, 0.1) is 18.6 Å². The van der Waals surface area contributed by atoms with E-state index in [1.54, 1.807) is 6.92 Å². The Kier molecular flexibility index (Phi) is 5.45. The first kappa shape index (κ1) is 17.1. The minimum absolute atomic E-state index is 0.190. The number of benzene rings is 2. The Hall–Kier alpha value is -2.27. The van der Waals surface area contributed by atoms with Crippen LogP contribution in [0.5, 0.6) is 0 Å². The second-order valence-electron chi connectivity index (χ2n) is 5.64. The van der Waals surface area contributed by atoms with E-state index in [0.29, 0.717) is 0 Å². The maximum atomic E-state index is 13.2. The molecule has 0 aliphatic rings. The minimum Gasteiger partial charge on any atom is -0.386 e. The molecule has 0 bridgehead atoms. The standard InChI is InChI=1S/C18H19F2NO2/c1-11-3-5-13(6-4-11)9-17(22)21-12(2)18(23)14-7-8-15(19)16(20)10-14/h3-8,10,12,18,23H,9H2,1-2H3,(H,21,22). The van der Waals surface area contributed by atoms with Crippen molar-refractivity contribution in [2.24, 2.45) is 0 Å². The molecule has 0 saturated heterocycles. The van der Waals surface area contributed by atoms with Gasteiger partial charge in [-0.25, -0.2) is 8.78 Å². The van der Waals surface area contributed by atoms with Crippen LogP contribution in [0.2, 0.25) is 0 Å². The lowest BCUT2D eigenvalue weighted by molar-refractivity contribution is -0.121. The second kappa shape index (κ2) is 7.33. The van der Waals surface area contributed by atoms with Crippen molar-refractivity contribution in [3.8, 4) is 0 Å².